The number of aryl methyl sites for hydroxylation is 1. The van der Waals surface area contributed by atoms with Crippen molar-refractivity contribution in [1.82, 2.24) is 9.29 Å². The van der Waals surface area contributed by atoms with Crippen LogP contribution in [0.3, 0.4) is 0 Å². The van der Waals surface area contributed by atoms with Crippen molar-refractivity contribution in [1.29, 1.82) is 0 Å². The van der Waals surface area contributed by atoms with Crippen molar-refractivity contribution in [2.24, 2.45) is 0 Å². The highest BCUT2D eigenvalue weighted by Gasteiger charge is 2.36. The molecule has 0 bridgehead atoms. The van der Waals surface area contributed by atoms with Gasteiger partial charge in [0.25, 0.3) is 0 Å². The van der Waals surface area contributed by atoms with Crippen LogP contribution >= 0.6 is 0 Å². The predicted molar refractivity (Wildman–Crippen MR) is 94.6 cm³/mol. The first-order chi connectivity index (χ1) is 11.5. The zero-order chi connectivity index (χ0) is 17.2. The minimum absolute atomic E-state index is 0.219. The van der Waals surface area contributed by atoms with Gasteiger partial charge < -0.3 is 10.1 Å². The van der Waals surface area contributed by atoms with Gasteiger partial charge in [0.05, 0.1) is 17.6 Å². The van der Waals surface area contributed by atoms with E-state index >= 15 is 0 Å². The number of anilines is 1. The van der Waals surface area contributed by atoms with Gasteiger partial charge in [0.2, 0.25) is 10.0 Å². The molecule has 3 rings (SSSR count). The summed E-state index contributed by atoms with van der Waals surface area (Å²) in [6, 6.07) is 3.90. The molecule has 2 heterocycles. The Kier molecular flexibility index (Phi) is 5.42. The number of aromatic nitrogens is 1. The molecule has 0 unspecified atom stereocenters. The first kappa shape index (κ1) is 17.6. The standard InChI is InChI=1S/C17H27N3O3S/c1-13-10-14(18-2)11-16(19-13)17-12-20(8-9-23-17)24(21,22)15-6-4-3-5-7-15/h10-11,15,17H,3-9,12H2,1-2H3,(H,18,19)/t17-/m1/s1. The largest absolute Gasteiger partial charge is 0.388 e. The molecule has 0 amide bonds. The third-order valence-corrected chi connectivity index (χ3v) is 7.32. The highest BCUT2D eigenvalue weighted by Crippen LogP contribution is 2.30. The average Bonchev–Trinajstić information content (AvgIpc) is 2.62. The maximum Gasteiger partial charge on any atom is 0.217 e. The smallest absolute Gasteiger partial charge is 0.217 e. The third kappa shape index (κ3) is 3.73. The Bertz CT molecular complexity index is 672. The van der Waals surface area contributed by atoms with Gasteiger partial charge in [0.1, 0.15) is 6.10 Å². The predicted octanol–water partition coefficient (Wildman–Crippen LogP) is 2.47. The molecule has 7 heteroatoms. The van der Waals surface area contributed by atoms with E-state index in [1.165, 1.54) is 0 Å². The molecule has 1 aromatic heterocycles. The molecular formula is C17H27N3O3S. The lowest BCUT2D eigenvalue weighted by atomic mass is 10.0. The quantitative estimate of drug-likeness (QED) is 0.900. The normalized spacial score (nSPS) is 24.0. The molecule has 1 atom stereocenters. The topological polar surface area (TPSA) is 71.5 Å². The first-order valence-corrected chi connectivity index (χ1v) is 10.3. The second kappa shape index (κ2) is 7.37. The van der Waals surface area contributed by atoms with Crippen LogP contribution in [-0.2, 0) is 14.8 Å². The Morgan fingerprint density at radius 3 is 2.71 bits per heavy atom. The van der Waals surface area contributed by atoms with E-state index in [2.05, 4.69) is 10.3 Å². The van der Waals surface area contributed by atoms with Crippen LogP contribution in [0.15, 0.2) is 12.1 Å². The molecule has 2 fully saturated rings. The number of nitrogens with one attached hydrogen (secondary N) is 1. The summed E-state index contributed by atoms with van der Waals surface area (Å²) in [6.45, 7) is 3.16. The molecule has 24 heavy (non-hydrogen) atoms. The van der Waals surface area contributed by atoms with Crippen LogP contribution < -0.4 is 5.32 Å². The van der Waals surface area contributed by atoms with Gasteiger partial charge in [-0.15, -0.1) is 0 Å². The van der Waals surface area contributed by atoms with E-state index in [0.29, 0.717) is 19.7 Å². The Morgan fingerprint density at radius 2 is 2.00 bits per heavy atom. The fraction of sp³-hybridized carbons (Fsp3) is 0.706. The van der Waals surface area contributed by atoms with Gasteiger partial charge in [-0.1, -0.05) is 19.3 Å². The zero-order valence-corrected chi connectivity index (χ0v) is 15.3. The summed E-state index contributed by atoms with van der Waals surface area (Å²) in [5.74, 6) is 0. The molecule has 1 aliphatic heterocycles. The molecule has 1 aromatic rings. The number of pyridine rings is 1. The molecule has 1 saturated heterocycles. The lowest BCUT2D eigenvalue weighted by Crippen LogP contribution is -2.46. The lowest BCUT2D eigenvalue weighted by Gasteiger charge is -2.35. The van der Waals surface area contributed by atoms with Crippen molar-refractivity contribution in [3.05, 3.63) is 23.5 Å². The second-order valence-electron chi connectivity index (χ2n) is 6.69. The van der Waals surface area contributed by atoms with Crippen LogP contribution in [0.2, 0.25) is 0 Å². The Morgan fingerprint density at radius 1 is 1.25 bits per heavy atom. The van der Waals surface area contributed by atoms with E-state index in [4.69, 9.17) is 4.74 Å². The van der Waals surface area contributed by atoms with Crippen LogP contribution in [0.1, 0.15) is 49.6 Å². The Hall–Kier alpha value is -1.18. The number of nitrogens with zero attached hydrogens (tertiary/aromatic N) is 2. The van der Waals surface area contributed by atoms with E-state index in [1.807, 2.05) is 26.1 Å². The molecular weight excluding hydrogens is 326 g/mol. The van der Waals surface area contributed by atoms with Gasteiger partial charge in [-0.2, -0.15) is 4.31 Å². The summed E-state index contributed by atoms with van der Waals surface area (Å²) in [7, 11) is -1.38. The molecule has 134 valence electrons. The minimum Gasteiger partial charge on any atom is -0.388 e. The molecule has 2 aliphatic rings. The number of rotatable bonds is 4. The molecule has 0 spiro atoms. The maximum absolute atomic E-state index is 12.9. The highest BCUT2D eigenvalue weighted by atomic mass is 32.2. The highest BCUT2D eigenvalue weighted by molar-refractivity contribution is 7.89. The number of morpholine rings is 1. The Balaban J connectivity index is 1.78. The Labute approximate surface area is 144 Å². The molecule has 6 nitrogen and oxygen atoms in total. The monoisotopic (exact) mass is 353 g/mol. The fourth-order valence-corrected chi connectivity index (χ4v) is 5.64. The number of hydrogen-bond acceptors (Lipinski definition) is 5. The van der Waals surface area contributed by atoms with Gasteiger partial charge in [0, 0.05) is 31.5 Å². The van der Waals surface area contributed by atoms with Crippen molar-refractivity contribution in [2.75, 3.05) is 32.1 Å². The van der Waals surface area contributed by atoms with E-state index in [1.54, 1.807) is 4.31 Å². The molecule has 1 saturated carbocycles. The van der Waals surface area contributed by atoms with E-state index in [9.17, 15) is 8.42 Å². The van der Waals surface area contributed by atoms with Crippen LogP contribution in [-0.4, -0.2) is 49.7 Å². The number of sulfonamides is 1. The van der Waals surface area contributed by atoms with E-state index in [-0.39, 0.29) is 11.4 Å². The third-order valence-electron chi connectivity index (χ3n) is 4.95. The van der Waals surface area contributed by atoms with Gasteiger partial charge in [-0.3, -0.25) is 4.98 Å². The second-order valence-corrected chi connectivity index (χ2v) is 8.91. The molecule has 1 aliphatic carbocycles. The van der Waals surface area contributed by atoms with Crippen LogP contribution in [0.25, 0.3) is 0 Å². The molecule has 0 radical (unpaired) electrons. The summed E-state index contributed by atoms with van der Waals surface area (Å²) in [5.41, 5.74) is 2.66. The van der Waals surface area contributed by atoms with E-state index < -0.39 is 10.0 Å². The first-order valence-electron chi connectivity index (χ1n) is 8.77. The molecule has 0 aromatic carbocycles. The van der Waals surface area contributed by atoms with Crippen LogP contribution in [0, 0.1) is 6.92 Å². The number of hydrogen-bond donors (Lipinski definition) is 1. The van der Waals surface area contributed by atoms with Crippen LogP contribution in [0.5, 0.6) is 0 Å². The van der Waals surface area contributed by atoms with Crippen LogP contribution in [0.4, 0.5) is 5.69 Å². The minimum atomic E-state index is -3.24. The SMILES string of the molecule is CNc1cc(C)nc([C@H]2CN(S(=O)(=O)C3CCCCC3)CCO2)c1. The summed E-state index contributed by atoms with van der Waals surface area (Å²) < 4.78 is 33.4. The fourth-order valence-electron chi connectivity index (χ4n) is 3.61. The van der Waals surface area contributed by atoms with E-state index in [0.717, 1.165) is 49.2 Å². The van der Waals surface area contributed by atoms with Crippen molar-refractivity contribution in [3.8, 4) is 0 Å². The van der Waals surface area contributed by atoms with Gasteiger partial charge in [-0.25, -0.2) is 8.42 Å². The summed E-state index contributed by atoms with van der Waals surface area (Å²) in [4.78, 5) is 4.55. The zero-order valence-electron chi connectivity index (χ0n) is 14.5. The van der Waals surface area contributed by atoms with Crippen molar-refractivity contribution >= 4 is 15.7 Å². The van der Waals surface area contributed by atoms with Crippen molar-refractivity contribution in [3.63, 3.8) is 0 Å². The number of ether oxygens (including phenoxy) is 1. The van der Waals surface area contributed by atoms with Gasteiger partial charge in [0.15, 0.2) is 0 Å². The maximum atomic E-state index is 12.9. The van der Waals surface area contributed by atoms with Crippen molar-refractivity contribution < 1.29 is 13.2 Å². The summed E-state index contributed by atoms with van der Waals surface area (Å²) in [5, 5.41) is 2.89. The lowest BCUT2D eigenvalue weighted by molar-refractivity contribution is -0.00536. The average molecular weight is 353 g/mol. The summed E-state index contributed by atoms with van der Waals surface area (Å²) in [6.07, 6.45) is 4.46. The van der Waals surface area contributed by atoms with Crippen molar-refractivity contribution in [2.45, 2.75) is 50.4 Å². The van der Waals surface area contributed by atoms with Gasteiger partial charge >= 0.3 is 0 Å². The summed E-state index contributed by atoms with van der Waals surface area (Å²) >= 11 is 0. The van der Waals surface area contributed by atoms with Gasteiger partial charge in [-0.05, 0) is 31.9 Å². The molecule has 1 N–H and O–H groups in total.